The minimum absolute atomic E-state index is 0.0853. The maximum Gasteiger partial charge on any atom is 0.200 e. The van der Waals surface area contributed by atoms with E-state index in [4.69, 9.17) is 32.5 Å². The summed E-state index contributed by atoms with van der Waals surface area (Å²) in [5.74, 6) is -0.571. The Morgan fingerprint density at radius 2 is 1.43 bits per heavy atom. The fraction of sp³-hybridized carbons (Fsp3) is 0.750. The molecule has 1 aromatic carbocycles. The number of hydrogen-bond donors (Lipinski definition) is 0. The van der Waals surface area contributed by atoms with Crippen LogP contribution in [0, 0.1) is 11.3 Å². The van der Waals surface area contributed by atoms with Crippen LogP contribution in [0.3, 0.4) is 0 Å². The molecule has 0 aromatic heterocycles. The van der Waals surface area contributed by atoms with E-state index in [9.17, 15) is 4.79 Å². The number of hydrogen-bond acceptors (Lipinski definition) is 8. The first-order chi connectivity index (χ1) is 21.3. The third-order valence-electron chi connectivity index (χ3n) is 11.0. The van der Waals surface area contributed by atoms with Crippen LogP contribution >= 0.6 is 0 Å². The summed E-state index contributed by atoms with van der Waals surface area (Å²) in [5.41, 5.74) is 0.650. The normalized spacial score (nSPS) is 28.0. The van der Waals surface area contributed by atoms with E-state index in [-0.39, 0.29) is 23.9 Å². The predicted octanol–water partition coefficient (Wildman–Crippen LogP) is 8.23. The van der Waals surface area contributed by atoms with Crippen LogP contribution in [0.1, 0.15) is 79.7 Å². The van der Waals surface area contributed by atoms with Gasteiger partial charge in [-0.25, -0.2) is 0 Å². The van der Waals surface area contributed by atoms with Gasteiger partial charge in [-0.2, -0.15) is 0 Å². The molecular formula is C36H60O8Si2. The fourth-order valence-corrected chi connectivity index (χ4v) is 16.8. The van der Waals surface area contributed by atoms with Crippen LogP contribution in [0.25, 0.3) is 0 Å². The fourth-order valence-electron chi connectivity index (χ4n) is 9.56. The van der Waals surface area contributed by atoms with Gasteiger partial charge in [-0.05, 0) is 74.2 Å². The zero-order valence-corrected chi connectivity index (χ0v) is 33.0. The Kier molecular flexibility index (Phi) is 10.5. The first-order valence-corrected chi connectivity index (χ1v) is 22.5. The topological polar surface area (TPSA) is 81.7 Å². The molecule has 0 N–H and O–H groups in total. The van der Waals surface area contributed by atoms with Gasteiger partial charge in [-0.3, -0.25) is 4.79 Å². The molecule has 0 unspecified atom stereocenters. The van der Waals surface area contributed by atoms with E-state index in [1.165, 1.54) is 0 Å². The van der Waals surface area contributed by atoms with E-state index in [0.29, 0.717) is 46.7 Å². The van der Waals surface area contributed by atoms with Crippen molar-refractivity contribution in [2.24, 2.45) is 11.3 Å². The second kappa shape index (κ2) is 13.0. The molecular weight excluding hydrogens is 617 g/mol. The lowest BCUT2D eigenvalue weighted by molar-refractivity contribution is -0.318. The lowest BCUT2D eigenvalue weighted by Gasteiger charge is -2.60. The number of ketones is 1. The number of allylic oxidation sites excluding steroid dienone is 1. The third-order valence-corrected chi connectivity index (χ3v) is 18.3. The average Bonchev–Trinajstić information content (AvgIpc) is 3.32. The Hall–Kier alpha value is -1.70. The number of methoxy groups -OCH3 is 4. The van der Waals surface area contributed by atoms with Gasteiger partial charge in [0.25, 0.3) is 0 Å². The van der Waals surface area contributed by atoms with Gasteiger partial charge in [0.1, 0.15) is 11.9 Å². The van der Waals surface area contributed by atoms with E-state index >= 15 is 0 Å². The van der Waals surface area contributed by atoms with Gasteiger partial charge in [-0.15, -0.1) is 0 Å². The van der Waals surface area contributed by atoms with Crippen LogP contribution in [0.4, 0.5) is 0 Å². The number of ether oxygens (including phenoxy) is 5. The van der Waals surface area contributed by atoms with Crippen molar-refractivity contribution in [3.05, 3.63) is 35.6 Å². The Morgan fingerprint density at radius 3 is 1.91 bits per heavy atom. The average molecular weight is 677 g/mol. The molecule has 8 nitrogen and oxygen atoms in total. The van der Waals surface area contributed by atoms with Gasteiger partial charge < -0.3 is 32.5 Å². The zero-order valence-electron chi connectivity index (χ0n) is 31.0. The van der Waals surface area contributed by atoms with Crippen molar-refractivity contribution in [3.63, 3.8) is 0 Å². The van der Waals surface area contributed by atoms with Crippen molar-refractivity contribution in [1.82, 2.24) is 0 Å². The summed E-state index contributed by atoms with van der Waals surface area (Å²) in [4.78, 5) is 14.6. The van der Waals surface area contributed by atoms with Crippen molar-refractivity contribution in [1.29, 1.82) is 0 Å². The van der Waals surface area contributed by atoms with Crippen molar-refractivity contribution < 1.29 is 37.3 Å². The number of carbonyl (C=O) groups excluding carboxylic acids is 1. The van der Waals surface area contributed by atoms with Gasteiger partial charge in [0.05, 0.1) is 37.3 Å². The van der Waals surface area contributed by atoms with Gasteiger partial charge in [0, 0.05) is 32.6 Å². The molecule has 1 aliphatic heterocycles. The second-order valence-corrected chi connectivity index (χ2v) is 25.8. The number of fused-ring (bicyclic) bond motifs is 1. The first-order valence-electron chi connectivity index (χ1n) is 16.9. The summed E-state index contributed by atoms with van der Waals surface area (Å²) in [6.45, 7) is 24.6. The third kappa shape index (κ3) is 5.83. The smallest absolute Gasteiger partial charge is 0.200 e. The minimum atomic E-state index is -2.43. The largest absolute Gasteiger partial charge is 0.493 e. The SMILES string of the molecule is COc1ccc([C@@H]2[C@@H](O[Si](C(C)C)(C(C)C)C(C)C)C[C@]34C[C@H](C(C)(C)O[Si](C)(C)C)OC3=CC(=O)[C@H]2C4(OC)OC)cc1OC. The van der Waals surface area contributed by atoms with Gasteiger partial charge >= 0.3 is 0 Å². The van der Waals surface area contributed by atoms with Crippen LogP contribution in [0.15, 0.2) is 30.0 Å². The monoisotopic (exact) mass is 676 g/mol. The molecule has 46 heavy (non-hydrogen) atoms. The number of rotatable bonds is 13. The molecule has 1 heterocycles. The molecule has 4 rings (SSSR count). The highest BCUT2D eigenvalue weighted by Crippen LogP contribution is 2.68. The maximum atomic E-state index is 14.6. The van der Waals surface area contributed by atoms with Gasteiger partial charge in [-0.1, -0.05) is 47.6 Å². The van der Waals surface area contributed by atoms with Crippen LogP contribution in [-0.2, 0) is 27.9 Å². The Labute approximate surface area is 280 Å². The molecule has 2 bridgehead atoms. The Balaban J connectivity index is 1.99. The number of benzene rings is 1. The molecule has 0 amide bonds. The quantitative estimate of drug-likeness (QED) is 0.153. The van der Waals surface area contributed by atoms with E-state index in [2.05, 4.69) is 75.0 Å². The lowest BCUT2D eigenvalue weighted by Crippen LogP contribution is -2.69. The molecule has 1 spiro atoms. The zero-order chi connectivity index (χ0) is 34.6. The van der Waals surface area contributed by atoms with Crippen LogP contribution in [-0.4, -0.2) is 74.5 Å². The maximum absolute atomic E-state index is 14.6. The summed E-state index contributed by atoms with van der Waals surface area (Å²) < 4.78 is 45.6. The summed E-state index contributed by atoms with van der Waals surface area (Å²) >= 11 is 0. The Bertz CT molecular complexity index is 1270. The molecule has 1 aromatic rings. The molecule has 5 atom stereocenters. The van der Waals surface area contributed by atoms with E-state index in [0.717, 1.165) is 5.56 Å². The van der Waals surface area contributed by atoms with Crippen molar-refractivity contribution in [2.45, 2.75) is 134 Å². The highest BCUT2D eigenvalue weighted by Gasteiger charge is 2.74. The second-order valence-electron chi connectivity index (χ2n) is 16.0. The first kappa shape index (κ1) is 37.1. The van der Waals surface area contributed by atoms with Gasteiger partial charge in [0.2, 0.25) is 8.32 Å². The molecule has 1 saturated heterocycles. The summed E-state index contributed by atoms with van der Waals surface area (Å²) in [6.07, 6.45) is 2.26. The standard InChI is InChI=1S/C36H60O8Si2/c1-22(2)46(23(3)4,24(5)6)43-29-20-35-21-31(34(7,8)44-45(13,14)15)42-30(35)19-26(37)33(36(35,40-11)41-12)32(29)25-16-17-27(38-9)28(18-25)39-10/h16-19,22-24,29,31-33H,20-21H2,1-15H3/t29-,31+,32+,33+,35-/m0/s1. The van der Waals surface area contributed by atoms with Crippen LogP contribution in [0.5, 0.6) is 11.5 Å². The van der Waals surface area contributed by atoms with Gasteiger partial charge in [0.15, 0.2) is 31.4 Å². The molecule has 2 fully saturated rings. The lowest BCUT2D eigenvalue weighted by atomic mass is 9.52. The highest BCUT2D eigenvalue weighted by molar-refractivity contribution is 6.77. The van der Waals surface area contributed by atoms with Crippen LogP contribution in [0.2, 0.25) is 36.3 Å². The molecule has 2 aliphatic carbocycles. The molecule has 1 saturated carbocycles. The van der Waals surface area contributed by atoms with Crippen molar-refractivity contribution >= 4 is 22.4 Å². The molecule has 10 heteroatoms. The summed E-state index contributed by atoms with van der Waals surface area (Å²) in [5, 5.41) is 0. The van der Waals surface area contributed by atoms with E-state index in [1.54, 1.807) is 34.5 Å². The summed E-state index contributed by atoms with van der Waals surface area (Å²) in [6, 6.07) is 5.93. The van der Waals surface area contributed by atoms with Crippen molar-refractivity contribution in [3.8, 4) is 11.5 Å². The molecule has 3 aliphatic rings. The number of carbonyl (C=O) groups is 1. The highest BCUT2D eigenvalue weighted by atomic mass is 28.4. The minimum Gasteiger partial charge on any atom is -0.493 e. The predicted molar refractivity (Wildman–Crippen MR) is 187 cm³/mol. The molecule has 0 radical (unpaired) electrons. The van der Waals surface area contributed by atoms with E-state index < -0.39 is 39.4 Å². The van der Waals surface area contributed by atoms with E-state index in [1.807, 2.05) is 18.2 Å². The van der Waals surface area contributed by atoms with Crippen molar-refractivity contribution in [2.75, 3.05) is 28.4 Å². The Morgan fingerprint density at radius 1 is 0.870 bits per heavy atom. The molecule has 260 valence electrons. The summed E-state index contributed by atoms with van der Waals surface area (Å²) in [7, 11) is 2.22. The van der Waals surface area contributed by atoms with Crippen LogP contribution < -0.4 is 9.47 Å².